The van der Waals surface area contributed by atoms with Crippen molar-refractivity contribution in [3.63, 3.8) is 0 Å². The van der Waals surface area contributed by atoms with Crippen molar-refractivity contribution < 1.29 is 0 Å². The molecule has 6 heteroatoms. The van der Waals surface area contributed by atoms with Crippen molar-refractivity contribution in [1.82, 2.24) is 19.5 Å². The van der Waals surface area contributed by atoms with Gasteiger partial charge in [0.05, 0.1) is 11.0 Å². The number of benzene rings is 1. The number of anilines is 2. The fraction of sp³-hybridized carbons (Fsp3) is 0.154. The van der Waals surface area contributed by atoms with Gasteiger partial charge < -0.3 is 11.1 Å². The number of imidazole rings is 1. The SMILES string of the molecule is CCNc1cc(-n2cnc3ccccc32)nc(N)n1. The first-order valence-electron chi connectivity index (χ1n) is 6.09. The first-order chi connectivity index (χ1) is 9.28. The van der Waals surface area contributed by atoms with Gasteiger partial charge in [0.2, 0.25) is 5.95 Å². The zero-order valence-corrected chi connectivity index (χ0v) is 10.5. The van der Waals surface area contributed by atoms with Crippen LogP contribution in [0.15, 0.2) is 36.7 Å². The van der Waals surface area contributed by atoms with E-state index >= 15 is 0 Å². The molecule has 2 aromatic heterocycles. The van der Waals surface area contributed by atoms with Crippen molar-refractivity contribution in [1.29, 1.82) is 0 Å². The number of hydrogen-bond donors (Lipinski definition) is 2. The summed E-state index contributed by atoms with van der Waals surface area (Å²) in [6.45, 7) is 2.78. The van der Waals surface area contributed by atoms with Gasteiger partial charge in [-0.3, -0.25) is 4.57 Å². The molecule has 0 aliphatic heterocycles. The summed E-state index contributed by atoms with van der Waals surface area (Å²) in [4.78, 5) is 12.7. The van der Waals surface area contributed by atoms with Crippen LogP contribution in [0.2, 0.25) is 0 Å². The van der Waals surface area contributed by atoms with E-state index in [1.54, 1.807) is 6.33 Å². The van der Waals surface area contributed by atoms with Crippen LogP contribution in [0.3, 0.4) is 0 Å². The molecule has 0 bridgehead atoms. The molecule has 0 spiro atoms. The van der Waals surface area contributed by atoms with Crippen molar-refractivity contribution in [3.8, 4) is 5.82 Å². The number of nitrogen functional groups attached to an aromatic ring is 1. The van der Waals surface area contributed by atoms with Gasteiger partial charge in [-0.15, -0.1) is 0 Å². The number of nitrogens with one attached hydrogen (secondary N) is 1. The Morgan fingerprint density at radius 3 is 2.95 bits per heavy atom. The van der Waals surface area contributed by atoms with Crippen LogP contribution in [0.4, 0.5) is 11.8 Å². The summed E-state index contributed by atoms with van der Waals surface area (Å²) in [6.07, 6.45) is 1.74. The van der Waals surface area contributed by atoms with Crippen LogP contribution in [-0.2, 0) is 0 Å². The first-order valence-corrected chi connectivity index (χ1v) is 6.09. The predicted octanol–water partition coefficient (Wildman–Crippen LogP) is 1.83. The first kappa shape index (κ1) is 11.5. The highest BCUT2D eigenvalue weighted by atomic mass is 15.2. The normalized spacial score (nSPS) is 10.8. The molecule has 0 saturated heterocycles. The lowest BCUT2D eigenvalue weighted by Gasteiger charge is -2.07. The smallest absolute Gasteiger partial charge is 0.223 e. The van der Waals surface area contributed by atoms with E-state index < -0.39 is 0 Å². The maximum absolute atomic E-state index is 5.74. The minimum atomic E-state index is 0.242. The Hall–Kier alpha value is -2.63. The molecule has 0 fully saturated rings. The molecule has 1 aromatic carbocycles. The van der Waals surface area contributed by atoms with Crippen molar-refractivity contribution in [2.24, 2.45) is 0 Å². The average Bonchev–Trinajstić information content (AvgIpc) is 2.82. The van der Waals surface area contributed by atoms with Crippen LogP contribution >= 0.6 is 0 Å². The van der Waals surface area contributed by atoms with Gasteiger partial charge in [0, 0.05) is 12.6 Å². The third kappa shape index (κ3) is 2.08. The number of para-hydroxylation sites is 2. The highest BCUT2D eigenvalue weighted by molar-refractivity contribution is 5.77. The van der Waals surface area contributed by atoms with Crippen LogP contribution in [0.5, 0.6) is 0 Å². The molecule has 3 N–H and O–H groups in total. The Kier molecular flexibility index (Phi) is 2.75. The number of fused-ring (bicyclic) bond motifs is 1. The molecule has 2 heterocycles. The van der Waals surface area contributed by atoms with Gasteiger partial charge in [-0.05, 0) is 19.1 Å². The maximum atomic E-state index is 5.74. The van der Waals surface area contributed by atoms with Gasteiger partial charge in [-0.25, -0.2) is 4.98 Å². The average molecular weight is 254 g/mol. The Morgan fingerprint density at radius 2 is 2.11 bits per heavy atom. The summed E-state index contributed by atoms with van der Waals surface area (Å²) in [5, 5.41) is 3.13. The van der Waals surface area contributed by atoms with Gasteiger partial charge in [0.1, 0.15) is 18.0 Å². The molecule has 19 heavy (non-hydrogen) atoms. The summed E-state index contributed by atoms with van der Waals surface area (Å²) in [6, 6.07) is 9.73. The van der Waals surface area contributed by atoms with Crippen molar-refractivity contribution >= 4 is 22.8 Å². The predicted molar refractivity (Wildman–Crippen MR) is 75.2 cm³/mol. The van der Waals surface area contributed by atoms with Gasteiger partial charge in [0.15, 0.2) is 0 Å². The lowest BCUT2D eigenvalue weighted by atomic mass is 10.3. The molecule has 0 atom stereocenters. The Labute approximate surface area is 110 Å². The molecular formula is C13H14N6. The topological polar surface area (TPSA) is 81.7 Å². The quantitative estimate of drug-likeness (QED) is 0.745. The lowest BCUT2D eigenvalue weighted by Crippen LogP contribution is -2.06. The van der Waals surface area contributed by atoms with E-state index in [0.29, 0.717) is 11.6 Å². The standard InChI is InChI=1S/C13H14N6/c1-2-15-11-7-12(18-13(14)17-11)19-8-16-9-5-3-4-6-10(9)19/h3-8H,2H2,1H3,(H3,14,15,17,18). The second kappa shape index (κ2) is 4.56. The van der Waals surface area contributed by atoms with E-state index in [2.05, 4.69) is 20.3 Å². The largest absolute Gasteiger partial charge is 0.370 e. The van der Waals surface area contributed by atoms with E-state index in [0.717, 1.165) is 17.6 Å². The molecule has 0 saturated carbocycles. The minimum absolute atomic E-state index is 0.242. The molecule has 96 valence electrons. The molecule has 3 aromatic rings. The summed E-state index contributed by atoms with van der Waals surface area (Å²) in [7, 11) is 0. The molecule has 0 aliphatic carbocycles. The maximum Gasteiger partial charge on any atom is 0.223 e. The third-order valence-electron chi connectivity index (χ3n) is 2.79. The van der Waals surface area contributed by atoms with Crippen LogP contribution in [0.1, 0.15) is 6.92 Å². The fourth-order valence-electron chi connectivity index (χ4n) is 1.99. The lowest BCUT2D eigenvalue weighted by molar-refractivity contribution is 0.998. The summed E-state index contributed by atoms with van der Waals surface area (Å²) in [5.74, 6) is 1.66. The van der Waals surface area contributed by atoms with E-state index in [1.165, 1.54) is 0 Å². The number of rotatable bonds is 3. The zero-order valence-electron chi connectivity index (χ0n) is 10.5. The molecule has 0 amide bonds. The van der Waals surface area contributed by atoms with Crippen LogP contribution < -0.4 is 11.1 Å². The monoisotopic (exact) mass is 254 g/mol. The third-order valence-corrected chi connectivity index (χ3v) is 2.79. The second-order valence-electron chi connectivity index (χ2n) is 4.10. The molecule has 0 unspecified atom stereocenters. The van der Waals surface area contributed by atoms with Gasteiger partial charge >= 0.3 is 0 Å². The Bertz CT molecular complexity index is 718. The number of aromatic nitrogens is 4. The van der Waals surface area contributed by atoms with E-state index in [1.807, 2.05) is 41.8 Å². The van der Waals surface area contributed by atoms with E-state index in [9.17, 15) is 0 Å². The fourth-order valence-corrected chi connectivity index (χ4v) is 1.99. The van der Waals surface area contributed by atoms with Gasteiger partial charge in [-0.1, -0.05) is 12.1 Å². The summed E-state index contributed by atoms with van der Waals surface area (Å²) >= 11 is 0. The Morgan fingerprint density at radius 1 is 1.26 bits per heavy atom. The molecular weight excluding hydrogens is 240 g/mol. The van der Waals surface area contributed by atoms with Crippen LogP contribution in [0.25, 0.3) is 16.9 Å². The molecule has 0 aliphatic rings. The van der Waals surface area contributed by atoms with Crippen molar-refractivity contribution in [2.75, 3.05) is 17.6 Å². The molecule has 0 radical (unpaired) electrons. The van der Waals surface area contributed by atoms with Crippen LogP contribution in [-0.4, -0.2) is 26.1 Å². The van der Waals surface area contributed by atoms with Crippen molar-refractivity contribution in [2.45, 2.75) is 6.92 Å². The highest BCUT2D eigenvalue weighted by Gasteiger charge is 2.07. The number of hydrogen-bond acceptors (Lipinski definition) is 5. The summed E-state index contributed by atoms with van der Waals surface area (Å²) in [5.41, 5.74) is 7.65. The minimum Gasteiger partial charge on any atom is -0.370 e. The summed E-state index contributed by atoms with van der Waals surface area (Å²) < 4.78 is 1.90. The second-order valence-corrected chi connectivity index (χ2v) is 4.10. The number of nitrogens with zero attached hydrogens (tertiary/aromatic N) is 4. The number of nitrogens with two attached hydrogens (primary N) is 1. The highest BCUT2D eigenvalue weighted by Crippen LogP contribution is 2.18. The van der Waals surface area contributed by atoms with Crippen molar-refractivity contribution in [3.05, 3.63) is 36.7 Å². The van der Waals surface area contributed by atoms with Gasteiger partial charge in [-0.2, -0.15) is 9.97 Å². The van der Waals surface area contributed by atoms with Crippen LogP contribution in [0, 0.1) is 0 Å². The van der Waals surface area contributed by atoms with E-state index in [-0.39, 0.29) is 5.95 Å². The van der Waals surface area contributed by atoms with Gasteiger partial charge in [0.25, 0.3) is 0 Å². The zero-order chi connectivity index (χ0) is 13.2. The van der Waals surface area contributed by atoms with E-state index in [4.69, 9.17) is 5.73 Å². The Balaban J connectivity index is 2.15. The molecule has 6 nitrogen and oxygen atoms in total. The molecule has 3 rings (SSSR count).